The van der Waals surface area contributed by atoms with Gasteiger partial charge >= 0.3 is 6.09 Å². The highest BCUT2D eigenvalue weighted by Crippen LogP contribution is 2.33. The van der Waals surface area contributed by atoms with Crippen molar-refractivity contribution in [2.24, 2.45) is 0 Å². The van der Waals surface area contributed by atoms with E-state index in [0.29, 0.717) is 24.0 Å². The van der Waals surface area contributed by atoms with E-state index in [-0.39, 0.29) is 12.4 Å². The summed E-state index contributed by atoms with van der Waals surface area (Å²) >= 11 is 0. The Morgan fingerprint density at radius 1 is 1.25 bits per heavy atom. The molecule has 1 atom stereocenters. The first-order valence-electron chi connectivity index (χ1n) is 8.05. The van der Waals surface area contributed by atoms with E-state index in [1.54, 1.807) is 12.1 Å². The summed E-state index contributed by atoms with van der Waals surface area (Å²) in [7, 11) is 0. The molecule has 5 heteroatoms. The lowest BCUT2D eigenvalue weighted by Crippen LogP contribution is -2.22. The molecule has 1 unspecified atom stereocenters. The third kappa shape index (κ3) is 4.55. The largest absolute Gasteiger partial charge is 0.465 e. The fraction of sp³-hybridized carbons (Fsp3) is 0.316. The summed E-state index contributed by atoms with van der Waals surface area (Å²) in [4.78, 5) is 10.4. The minimum absolute atomic E-state index is 0.252. The Morgan fingerprint density at radius 2 is 2.00 bits per heavy atom. The molecule has 1 amide bonds. The second-order valence-corrected chi connectivity index (χ2v) is 5.65. The third-order valence-electron chi connectivity index (χ3n) is 3.96. The van der Waals surface area contributed by atoms with Crippen molar-refractivity contribution in [2.75, 3.05) is 6.54 Å². The summed E-state index contributed by atoms with van der Waals surface area (Å²) in [6.07, 6.45) is -0.271. The van der Waals surface area contributed by atoms with Crippen LogP contribution in [0.4, 0.5) is 9.18 Å². The molecule has 0 aliphatic heterocycles. The molecule has 0 radical (unpaired) electrons. The number of aliphatic hydroxyl groups excluding tert-OH is 1. The molecular weight excluding hydrogens is 309 g/mol. The molecule has 4 nitrogen and oxygen atoms in total. The minimum atomic E-state index is -1.09. The SMILES string of the molecule is CCc1cccc(-c2c(F)cccc2C(O)CCCNC(=O)O)c1. The number of hydrogen-bond acceptors (Lipinski definition) is 2. The van der Waals surface area contributed by atoms with Gasteiger partial charge in [-0.25, -0.2) is 9.18 Å². The van der Waals surface area contributed by atoms with Crippen LogP contribution in [0.3, 0.4) is 0 Å². The average Bonchev–Trinajstić information content (AvgIpc) is 2.58. The molecule has 0 aliphatic carbocycles. The number of aryl methyl sites for hydroxylation is 1. The van der Waals surface area contributed by atoms with Crippen molar-refractivity contribution in [1.29, 1.82) is 0 Å². The molecule has 0 spiro atoms. The van der Waals surface area contributed by atoms with Gasteiger partial charge in [-0.15, -0.1) is 0 Å². The number of aliphatic hydroxyl groups is 1. The van der Waals surface area contributed by atoms with Crippen molar-refractivity contribution in [1.82, 2.24) is 5.32 Å². The van der Waals surface area contributed by atoms with Crippen LogP contribution in [0.25, 0.3) is 11.1 Å². The fourth-order valence-electron chi connectivity index (χ4n) is 2.72. The van der Waals surface area contributed by atoms with E-state index in [1.807, 2.05) is 31.2 Å². The lowest BCUT2D eigenvalue weighted by molar-refractivity contribution is 0.162. The number of carbonyl (C=O) groups is 1. The van der Waals surface area contributed by atoms with Gasteiger partial charge < -0.3 is 15.5 Å². The summed E-state index contributed by atoms with van der Waals surface area (Å²) < 4.78 is 14.4. The van der Waals surface area contributed by atoms with Gasteiger partial charge in [0.2, 0.25) is 0 Å². The van der Waals surface area contributed by atoms with Gasteiger partial charge in [0, 0.05) is 12.1 Å². The molecule has 0 saturated heterocycles. The molecule has 0 heterocycles. The maximum absolute atomic E-state index is 14.4. The van der Waals surface area contributed by atoms with Crippen LogP contribution >= 0.6 is 0 Å². The Morgan fingerprint density at radius 3 is 2.71 bits per heavy atom. The lowest BCUT2D eigenvalue weighted by atomic mass is 9.92. The first kappa shape index (κ1) is 17.9. The van der Waals surface area contributed by atoms with Gasteiger partial charge in [0.25, 0.3) is 0 Å². The molecule has 0 aliphatic rings. The van der Waals surface area contributed by atoms with Gasteiger partial charge in [0.1, 0.15) is 5.82 Å². The summed E-state index contributed by atoms with van der Waals surface area (Å²) in [5.41, 5.74) is 2.78. The zero-order valence-corrected chi connectivity index (χ0v) is 13.6. The van der Waals surface area contributed by atoms with Crippen LogP contribution in [0.1, 0.15) is 37.0 Å². The van der Waals surface area contributed by atoms with Crippen LogP contribution in [-0.2, 0) is 6.42 Å². The van der Waals surface area contributed by atoms with E-state index < -0.39 is 12.2 Å². The molecule has 0 saturated carbocycles. The van der Waals surface area contributed by atoms with E-state index in [0.717, 1.165) is 17.5 Å². The van der Waals surface area contributed by atoms with Gasteiger partial charge in [-0.3, -0.25) is 0 Å². The Hall–Kier alpha value is -2.40. The molecule has 0 fully saturated rings. The molecule has 3 N–H and O–H groups in total. The van der Waals surface area contributed by atoms with Crippen molar-refractivity contribution < 1.29 is 19.4 Å². The highest BCUT2D eigenvalue weighted by Gasteiger charge is 2.17. The Kier molecular flexibility index (Phi) is 6.32. The lowest BCUT2D eigenvalue weighted by Gasteiger charge is -2.17. The quantitative estimate of drug-likeness (QED) is 0.668. The van der Waals surface area contributed by atoms with Crippen LogP contribution in [0.15, 0.2) is 42.5 Å². The molecule has 0 aromatic heterocycles. The monoisotopic (exact) mass is 331 g/mol. The number of nitrogens with one attached hydrogen (secondary N) is 1. The first-order valence-corrected chi connectivity index (χ1v) is 8.05. The smallest absolute Gasteiger partial charge is 0.404 e. The minimum Gasteiger partial charge on any atom is -0.465 e. The van der Waals surface area contributed by atoms with Crippen LogP contribution < -0.4 is 5.32 Å². The van der Waals surface area contributed by atoms with Crippen LogP contribution in [0.2, 0.25) is 0 Å². The normalized spacial score (nSPS) is 12.0. The standard InChI is InChI=1S/C19H22FNO3/c1-2-13-6-3-7-14(12-13)18-15(8-4-9-16(18)20)17(22)10-5-11-21-19(23)24/h3-4,6-9,12,17,21-22H,2,5,10-11H2,1H3,(H,23,24). The van der Waals surface area contributed by atoms with E-state index in [4.69, 9.17) is 5.11 Å². The summed E-state index contributed by atoms with van der Waals surface area (Å²) in [5.74, 6) is -0.372. The number of amides is 1. The second-order valence-electron chi connectivity index (χ2n) is 5.65. The number of rotatable bonds is 7. The molecule has 0 bridgehead atoms. The molecule has 2 rings (SSSR count). The molecule has 2 aromatic carbocycles. The zero-order chi connectivity index (χ0) is 17.5. The topological polar surface area (TPSA) is 69.6 Å². The Labute approximate surface area is 141 Å². The van der Waals surface area contributed by atoms with Crippen molar-refractivity contribution >= 4 is 6.09 Å². The predicted octanol–water partition coefficient (Wildman–Crippen LogP) is 4.14. The number of hydrogen-bond donors (Lipinski definition) is 3. The molecular formula is C19H22FNO3. The summed E-state index contributed by atoms with van der Waals surface area (Å²) in [6, 6.07) is 12.3. The highest BCUT2D eigenvalue weighted by molar-refractivity contribution is 5.69. The van der Waals surface area contributed by atoms with Crippen LogP contribution in [-0.4, -0.2) is 22.9 Å². The van der Waals surface area contributed by atoms with Gasteiger partial charge in [0.15, 0.2) is 0 Å². The van der Waals surface area contributed by atoms with E-state index in [9.17, 15) is 14.3 Å². The van der Waals surface area contributed by atoms with Gasteiger partial charge in [-0.1, -0.05) is 43.3 Å². The maximum atomic E-state index is 14.4. The van der Waals surface area contributed by atoms with Crippen molar-refractivity contribution in [3.05, 3.63) is 59.4 Å². The first-order chi connectivity index (χ1) is 11.5. The Balaban J connectivity index is 2.24. The third-order valence-corrected chi connectivity index (χ3v) is 3.96. The molecule has 128 valence electrons. The van der Waals surface area contributed by atoms with E-state index in [1.165, 1.54) is 6.07 Å². The second kappa shape index (κ2) is 8.45. The van der Waals surface area contributed by atoms with Gasteiger partial charge in [-0.05, 0) is 42.0 Å². The summed E-state index contributed by atoms with van der Waals surface area (Å²) in [5, 5.41) is 21.2. The fourth-order valence-corrected chi connectivity index (χ4v) is 2.72. The maximum Gasteiger partial charge on any atom is 0.404 e. The average molecular weight is 331 g/mol. The van der Waals surface area contributed by atoms with Crippen LogP contribution in [0, 0.1) is 5.82 Å². The summed E-state index contributed by atoms with van der Waals surface area (Å²) in [6.45, 7) is 2.29. The van der Waals surface area contributed by atoms with Crippen LogP contribution in [0.5, 0.6) is 0 Å². The van der Waals surface area contributed by atoms with Gasteiger partial charge in [0.05, 0.1) is 6.10 Å². The molecule has 2 aromatic rings. The van der Waals surface area contributed by atoms with Crippen molar-refractivity contribution in [3.8, 4) is 11.1 Å². The number of halogens is 1. The Bertz CT molecular complexity index is 703. The van der Waals surface area contributed by atoms with E-state index >= 15 is 0 Å². The van der Waals surface area contributed by atoms with Crippen molar-refractivity contribution in [3.63, 3.8) is 0 Å². The van der Waals surface area contributed by atoms with Crippen molar-refractivity contribution in [2.45, 2.75) is 32.3 Å². The zero-order valence-electron chi connectivity index (χ0n) is 13.6. The van der Waals surface area contributed by atoms with Gasteiger partial charge in [-0.2, -0.15) is 0 Å². The number of carboxylic acid groups (broad SMARTS) is 1. The number of benzene rings is 2. The van der Waals surface area contributed by atoms with E-state index in [2.05, 4.69) is 5.32 Å². The highest BCUT2D eigenvalue weighted by atomic mass is 19.1. The molecule has 24 heavy (non-hydrogen) atoms. The predicted molar refractivity (Wildman–Crippen MR) is 91.4 cm³/mol.